The molecule has 0 radical (unpaired) electrons. The van der Waals surface area contributed by atoms with Crippen molar-refractivity contribution in [2.45, 2.75) is 25.1 Å². The van der Waals surface area contributed by atoms with Gasteiger partial charge in [0, 0.05) is 18.3 Å². The number of benzene rings is 3. The van der Waals surface area contributed by atoms with Crippen LogP contribution >= 0.6 is 0 Å². The molecule has 1 amide bonds. The van der Waals surface area contributed by atoms with Crippen LogP contribution in [0, 0.1) is 0 Å². The minimum absolute atomic E-state index is 0.0511. The lowest BCUT2D eigenvalue weighted by Crippen LogP contribution is -2.34. The third-order valence-electron chi connectivity index (χ3n) is 6.10. The number of carboxylic acids is 1. The maximum absolute atomic E-state index is 13.2. The fraction of sp³-hybridized carbons (Fsp3) is 0.167. The number of carbonyl (C=O) groups excluding carboxylic acids is 1. The Morgan fingerprint density at radius 1 is 0.821 bits per heavy atom. The number of nitrogens with one attached hydrogen (secondary N) is 2. The van der Waals surface area contributed by atoms with E-state index in [9.17, 15) is 22.8 Å². The second-order valence-corrected chi connectivity index (χ2v) is 8.93. The van der Waals surface area contributed by atoms with Gasteiger partial charge in [0.15, 0.2) is 0 Å². The number of pyridine rings is 1. The van der Waals surface area contributed by atoms with Gasteiger partial charge < -0.3 is 15.7 Å². The number of aliphatic carboxylic acids is 1. The molecule has 1 heterocycles. The summed E-state index contributed by atoms with van der Waals surface area (Å²) in [6, 6.07) is 24.0. The molecule has 9 heteroatoms. The van der Waals surface area contributed by atoms with E-state index in [4.69, 9.17) is 5.11 Å². The highest BCUT2D eigenvalue weighted by Gasteiger charge is 2.30. The van der Waals surface area contributed by atoms with E-state index in [-0.39, 0.29) is 12.3 Å². The summed E-state index contributed by atoms with van der Waals surface area (Å²) in [5.41, 5.74) is 3.12. The van der Waals surface area contributed by atoms with Gasteiger partial charge in [0.1, 0.15) is 11.9 Å². The third-order valence-corrected chi connectivity index (χ3v) is 6.10. The van der Waals surface area contributed by atoms with Crippen molar-refractivity contribution in [3.05, 3.63) is 119 Å². The number of hydrogen-bond acceptors (Lipinski definition) is 4. The molecule has 0 saturated carbocycles. The van der Waals surface area contributed by atoms with Crippen LogP contribution in [0.4, 0.5) is 19.0 Å². The molecule has 0 aliphatic carbocycles. The van der Waals surface area contributed by atoms with E-state index in [1.807, 2.05) is 48.5 Å². The minimum Gasteiger partial charge on any atom is -0.481 e. The lowest BCUT2D eigenvalue weighted by atomic mass is 10.0. The van der Waals surface area contributed by atoms with Gasteiger partial charge >= 0.3 is 12.1 Å². The number of amides is 1. The second-order valence-electron chi connectivity index (χ2n) is 8.93. The SMILES string of the molecule is O=C(O)Cc1ccc(-c2ccc(NC(=O)C(NCCc3ccc(C(F)(F)F)cc3)c3ccccc3)nc2)cc1. The Labute approximate surface area is 223 Å². The van der Waals surface area contributed by atoms with E-state index >= 15 is 0 Å². The Balaban J connectivity index is 1.40. The van der Waals surface area contributed by atoms with E-state index in [2.05, 4.69) is 15.6 Å². The quantitative estimate of drug-likeness (QED) is 0.236. The molecule has 1 atom stereocenters. The van der Waals surface area contributed by atoms with E-state index in [1.54, 1.807) is 24.4 Å². The van der Waals surface area contributed by atoms with Crippen molar-refractivity contribution < 1.29 is 27.9 Å². The summed E-state index contributed by atoms with van der Waals surface area (Å²) in [5, 5.41) is 14.9. The van der Waals surface area contributed by atoms with Gasteiger partial charge in [-0.25, -0.2) is 4.98 Å². The first-order chi connectivity index (χ1) is 18.7. The molecule has 4 aromatic rings. The van der Waals surface area contributed by atoms with Crippen LogP contribution in [0.25, 0.3) is 11.1 Å². The van der Waals surface area contributed by atoms with Gasteiger partial charge in [0.05, 0.1) is 12.0 Å². The highest BCUT2D eigenvalue weighted by atomic mass is 19.4. The van der Waals surface area contributed by atoms with Crippen LogP contribution < -0.4 is 10.6 Å². The fourth-order valence-electron chi connectivity index (χ4n) is 4.06. The molecule has 4 rings (SSSR count). The minimum atomic E-state index is -4.38. The van der Waals surface area contributed by atoms with Gasteiger partial charge in [-0.3, -0.25) is 9.59 Å². The molecule has 0 aliphatic heterocycles. The zero-order chi connectivity index (χ0) is 27.8. The molecule has 1 aromatic heterocycles. The van der Waals surface area contributed by atoms with Crippen LogP contribution in [0.1, 0.15) is 28.3 Å². The summed E-state index contributed by atoms with van der Waals surface area (Å²) in [6.45, 7) is 0.364. The molecule has 3 aromatic carbocycles. The predicted octanol–water partition coefficient (Wildman–Crippen LogP) is 5.91. The van der Waals surface area contributed by atoms with Crippen molar-refractivity contribution in [1.82, 2.24) is 10.3 Å². The Morgan fingerprint density at radius 2 is 1.46 bits per heavy atom. The Bertz CT molecular complexity index is 1390. The van der Waals surface area contributed by atoms with E-state index in [1.165, 1.54) is 12.1 Å². The third kappa shape index (κ3) is 7.75. The lowest BCUT2D eigenvalue weighted by molar-refractivity contribution is -0.138. The maximum atomic E-state index is 13.2. The molecule has 1 unspecified atom stereocenters. The molecule has 200 valence electrons. The van der Waals surface area contributed by atoms with Crippen molar-refractivity contribution >= 4 is 17.7 Å². The van der Waals surface area contributed by atoms with Crippen LogP contribution in [0.15, 0.2) is 97.2 Å². The van der Waals surface area contributed by atoms with Gasteiger partial charge in [-0.2, -0.15) is 13.2 Å². The van der Waals surface area contributed by atoms with Gasteiger partial charge in [-0.05, 0) is 52.9 Å². The zero-order valence-electron chi connectivity index (χ0n) is 20.8. The van der Waals surface area contributed by atoms with Crippen LogP contribution in [0.5, 0.6) is 0 Å². The Kier molecular flexibility index (Phi) is 8.73. The van der Waals surface area contributed by atoms with Gasteiger partial charge in [-0.1, -0.05) is 66.7 Å². The molecular formula is C30H26F3N3O3. The monoisotopic (exact) mass is 533 g/mol. The van der Waals surface area contributed by atoms with Crippen molar-refractivity contribution in [2.24, 2.45) is 0 Å². The van der Waals surface area contributed by atoms with Crippen LogP contribution in [-0.2, 0) is 28.6 Å². The summed E-state index contributed by atoms with van der Waals surface area (Å²) in [4.78, 5) is 28.4. The van der Waals surface area contributed by atoms with Crippen LogP contribution in [0.3, 0.4) is 0 Å². The van der Waals surface area contributed by atoms with Crippen molar-refractivity contribution in [1.29, 1.82) is 0 Å². The maximum Gasteiger partial charge on any atom is 0.416 e. The first-order valence-corrected chi connectivity index (χ1v) is 12.2. The average Bonchev–Trinajstić information content (AvgIpc) is 2.92. The molecule has 0 aliphatic rings. The Morgan fingerprint density at radius 3 is 2.05 bits per heavy atom. The number of rotatable bonds is 10. The van der Waals surface area contributed by atoms with Crippen LogP contribution in [-0.4, -0.2) is 28.5 Å². The number of halogens is 3. The fourth-order valence-corrected chi connectivity index (χ4v) is 4.06. The first-order valence-electron chi connectivity index (χ1n) is 12.2. The standard InChI is InChI=1S/C30H26F3N3O3/c31-30(32,33)25-13-8-20(9-14-25)16-17-34-28(23-4-2-1-3-5-23)29(39)36-26-15-12-24(19-35-26)22-10-6-21(7-11-22)18-27(37)38/h1-15,19,28,34H,16-18H2,(H,37,38)(H,35,36,39). The van der Waals surface area contributed by atoms with Gasteiger partial charge in [0.2, 0.25) is 5.91 Å². The molecule has 3 N–H and O–H groups in total. The number of aromatic nitrogens is 1. The first kappa shape index (κ1) is 27.5. The largest absolute Gasteiger partial charge is 0.481 e. The summed E-state index contributed by atoms with van der Waals surface area (Å²) >= 11 is 0. The van der Waals surface area contributed by atoms with E-state index in [0.29, 0.717) is 24.3 Å². The van der Waals surface area contributed by atoms with Gasteiger partial charge in [-0.15, -0.1) is 0 Å². The van der Waals surface area contributed by atoms with E-state index < -0.39 is 23.8 Å². The highest BCUT2D eigenvalue weighted by Crippen LogP contribution is 2.29. The normalized spacial score (nSPS) is 12.1. The second kappa shape index (κ2) is 12.4. The van der Waals surface area contributed by atoms with E-state index in [0.717, 1.165) is 34.4 Å². The summed E-state index contributed by atoms with van der Waals surface area (Å²) in [6.07, 6.45) is -2.37. The predicted molar refractivity (Wildman–Crippen MR) is 142 cm³/mol. The average molecular weight is 534 g/mol. The molecule has 6 nitrogen and oxygen atoms in total. The molecule has 39 heavy (non-hydrogen) atoms. The number of carboxylic acid groups (broad SMARTS) is 1. The summed E-state index contributed by atoms with van der Waals surface area (Å²) < 4.78 is 38.4. The van der Waals surface area contributed by atoms with Crippen LogP contribution in [0.2, 0.25) is 0 Å². The molecule has 0 spiro atoms. The molecule has 0 fully saturated rings. The van der Waals surface area contributed by atoms with Crippen molar-refractivity contribution in [3.8, 4) is 11.1 Å². The lowest BCUT2D eigenvalue weighted by Gasteiger charge is -2.19. The highest BCUT2D eigenvalue weighted by molar-refractivity contribution is 5.95. The summed E-state index contributed by atoms with van der Waals surface area (Å²) in [7, 11) is 0. The van der Waals surface area contributed by atoms with Gasteiger partial charge in [0.25, 0.3) is 0 Å². The molecule has 0 saturated heterocycles. The molecular weight excluding hydrogens is 507 g/mol. The number of anilines is 1. The number of carbonyl (C=O) groups is 2. The summed E-state index contributed by atoms with van der Waals surface area (Å²) in [5.74, 6) is -0.865. The zero-order valence-corrected chi connectivity index (χ0v) is 20.8. The van der Waals surface area contributed by atoms with Crippen molar-refractivity contribution in [2.75, 3.05) is 11.9 Å². The topological polar surface area (TPSA) is 91.3 Å². The number of nitrogens with zero attached hydrogens (tertiary/aromatic N) is 1. The Hall–Kier alpha value is -4.50. The number of alkyl halides is 3. The molecule has 0 bridgehead atoms. The number of hydrogen-bond donors (Lipinski definition) is 3. The smallest absolute Gasteiger partial charge is 0.416 e. The van der Waals surface area contributed by atoms with Crippen molar-refractivity contribution in [3.63, 3.8) is 0 Å².